The number of nitrogens with one attached hydrogen (secondary N) is 1. The van der Waals surface area contributed by atoms with Gasteiger partial charge in [0.2, 0.25) is 5.91 Å². The second-order valence-corrected chi connectivity index (χ2v) is 11.0. The van der Waals surface area contributed by atoms with Gasteiger partial charge >= 0.3 is 0 Å². The van der Waals surface area contributed by atoms with Gasteiger partial charge in [0.1, 0.15) is 0 Å². The molecule has 2 aromatic carbocycles. The lowest BCUT2D eigenvalue weighted by Crippen LogP contribution is -2.42. The number of likely N-dealkylation sites (tertiary alicyclic amines) is 1. The zero-order valence-corrected chi connectivity index (χ0v) is 19.5. The third-order valence-electron chi connectivity index (χ3n) is 6.31. The number of rotatable bonds is 10. The first-order chi connectivity index (χ1) is 15.9. The Kier molecular flexibility index (Phi) is 9.01. The minimum Gasteiger partial charge on any atom is -0.299 e. The molecule has 1 aliphatic rings. The molecule has 0 aliphatic carbocycles. The van der Waals surface area contributed by atoms with Crippen LogP contribution in [0.1, 0.15) is 42.4 Å². The summed E-state index contributed by atoms with van der Waals surface area (Å²) < 4.78 is 26.1. The number of benzene rings is 2. The van der Waals surface area contributed by atoms with Crippen molar-refractivity contribution in [2.75, 3.05) is 18.8 Å². The van der Waals surface area contributed by atoms with Crippen LogP contribution in [0.4, 0.5) is 0 Å². The summed E-state index contributed by atoms with van der Waals surface area (Å²) in [5.41, 5.74) is 4.50. The van der Waals surface area contributed by atoms with E-state index >= 15 is 0 Å². The van der Waals surface area contributed by atoms with Gasteiger partial charge in [-0.05, 0) is 68.5 Å². The van der Waals surface area contributed by atoms with Gasteiger partial charge in [-0.1, -0.05) is 42.5 Å². The van der Waals surface area contributed by atoms with E-state index in [1.807, 2.05) is 42.5 Å². The van der Waals surface area contributed by atoms with Crippen molar-refractivity contribution >= 4 is 15.7 Å². The third-order valence-corrected chi connectivity index (χ3v) is 8.66. The van der Waals surface area contributed by atoms with Crippen molar-refractivity contribution in [1.82, 2.24) is 10.4 Å². The molecule has 1 amide bonds. The second kappa shape index (κ2) is 11.9. The van der Waals surface area contributed by atoms with E-state index in [-0.39, 0.29) is 5.75 Å². The Morgan fingerprint density at radius 1 is 1.09 bits per heavy atom. The predicted octanol–water partition coefficient (Wildman–Crippen LogP) is 3.08. The van der Waals surface area contributed by atoms with Crippen molar-refractivity contribution in [3.8, 4) is 6.07 Å². The lowest BCUT2D eigenvalue weighted by Gasteiger charge is -2.32. The smallest absolute Gasteiger partial charge is 0.247 e. The molecule has 1 unspecified atom stereocenters. The fourth-order valence-electron chi connectivity index (χ4n) is 4.36. The van der Waals surface area contributed by atoms with Gasteiger partial charge < -0.3 is 0 Å². The third kappa shape index (κ3) is 7.39. The molecule has 8 heteroatoms. The van der Waals surface area contributed by atoms with E-state index in [2.05, 4.69) is 11.0 Å². The maximum Gasteiger partial charge on any atom is 0.247 e. The molecule has 0 saturated carbocycles. The molecule has 1 atom stereocenters. The fourth-order valence-corrected chi connectivity index (χ4v) is 6.44. The van der Waals surface area contributed by atoms with E-state index < -0.39 is 26.9 Å². The monoisotopic (exact) mass is 469 g/mol. The molecule has 2 N–H and O–H groups in total. The number of carbonyl (C=O) groups is 1. The van der Waals surface area contributed by atoms with E-state index in [0.29, 0.717) is 50.9 Å². The van der Waals surface area contributed by atoms with E-state index in [1.54, 1.807) is 17.6 Å². The quantitative estimate of drug-likeness (QED) is 0.409. The summed E-state index contributed by atoms with van der Waals surface area (Å²) >= 11 is 0. The number of sulfone groups is 1. The standard InChI is InChI=1S/C25H31N3O4S/c26-17-21-9-11-22(12-10-21)18-28-15-13-24(14-16-28)33(31,32)19-23(25(29)27-30)8-4-7-20-5-2-1-3-6-20/h1-3,5-6,9-12,23-24,30H,4,7-8,13-16,18-19H2,(H,27,29). The van der Waals surface area contributed by atoms with E-state index in [1.165, 1.54) is 0 Å². The highest BCUT2D eigenvalue weighted by molar-refractivity contribution is 7.92. The highest BCUT2D eigenvalue weighted by Gasteiger charge is 2.34. The number of hydrogen-bond donors (Lipinski definition) is 2. The van der Waals surface area contributed by atoms with E-state index in [4.69, 9.17) is 10.5 Å². The summed E-state index contributed by atoms with van der Waals surface area (Å²) in [7, 11) is -3.47. The number of hydrogen-bond acceptors (Lipinski definition) is 6. The predicted molar refractivity (Wildman–Crippen MR) is 126 cm³/mol. The average Bonchev–Trinajstić information content (AvgIpc) is 2.84. The van der Waals surface area contributed by atoms with Crippen LogP contribution in [0.15, 0.2) is 54.6 Å². The van der Waals surface area contributed by atoms with Crippen molar-refractivity contribution in [1.29, 1.82) is 5.26 Å². The van der Waals surface area contributed by atoms with Crippen LogP contribution in [0.2, 0.25) is 0 Å². The molecule has 1 saturated heterocycles. The van der Waals surface area contributed by atoms with E-state index in [9.17, 15) is 13.2 Å². The molecule has 0 radical (unpaired) electrons. The number of amides is 1. The summed E-state index contributed by atoms with van der Waals surface area (Å²) in [5, 5.41) is 17.6. The molecule has 176 valence electrons. The molecule has 2 aromatic rings. The number of nitrogens with zero attached hydrogens (tertiary/aromatic N) is 2. The Morgan fingerprint density at radius 3 is 2.36 bits per heavy atom. The summed E-state index contributed by atoms with van der Waals surface area (Å²) in [6, 6.07) is 19.4. The van der Waals surface area contributed by atoms with Gasteiger partial charge in [0.15, 0.2) is 9.84 Å². The first kappa shape index (κ1) is 24.9. The number of nitriles is 1. The molecule has 33 heavy (non-hydrogen) atoms. The molecule has 1 fully saturated rings. The van der Waals surface area contributed by atoms with Crippen LogP contribution in [0.5, 0.6) is 0 Å². The topological polar surface area (TPSA) is 111 Å². The highest BCUT2D eigenvalue weighted by Crippen LogP contribution is 2.23. The Labute approximate surface area is 195 Å². The number of piperidine rings is 1. The Bertz CT molecular complexity index is 1040. The lowest BCUT2D eigenvalue weighted by atomic mass is 10.0. The summed E-state index contributed by atoms with van der Waals surface area (Å²) in [6.07, 6.45) is 2.87. The Morgan fingerprint density at radius 2 is 1.76 bits per heavy atom. The van der Waals surface area contributed by atoms with Gasteiger partial charge in [-0.3, -0.25) is 14.9 Å². The van der Waals surface area contributed by atoms with Crippen LogP contribution < -0.4 is 5.48 Å². The first-order valence-corrected chi connectivity index (χ1v) is 13.0. The minimum atomic E-state index is -3.47. The van der Waals surface area contributed by atoms with Gasteiger partial charge in [0.05, 0.1) is 28.6 Å². The van der Waals surface area contributed by atoms with Crippen molar-refractivity contribution in [3.63, 3.8) is 0 Å². The van der Waals surface area contributed by atoms with Crippen LogP contribution in [0.25, 0.3) is 0 Å². The molecular formula is C25H31N3O4S. The Balaban J connectivity index is 1.51. The van der Waals surface area contributed by atoms with Gasteiger partial charge in [0, 0.05) is 6.54 Å². The molecule has 7 nitrogen and oxygen atoms in total. The molecule has 1 heterocycles. The summed E-state index contributed by atoms with van der Waals surface area (Å²) in [6.45, 7) is 2.04. The highest BCUT2D eigenvalue weighted by atomic mass is 32.2. The summed E-state index contributed by atoms with van der Waals surface area (Å²) in [4.78, 5) is 14.4. The zero-order chi connectivity index (χ0) is 23.7. The Hall–Kier alpha value is -2.73. The number of carbonyl (C=O) groups excluding carboxylic acids is 1. The lowest BCUT2D eigenvalue weighted by molar-refractivity contribution is -0.132. The molecule has 3 rings (SSSR count). The van der Waals surface area contributed by atoms with Crippen molar-refractivity contribution in [3.05, 3.63) is 71.3 Å². The molecule has 0 spiro atoms. The van der Waals surface area contributed by atoms with Crippen LogP contribution in [0.3, 0.4) is 0 Å². The van der Waals surface area contributed by atoms with Gasteiger partial charge in [-0.25, -0.2) is 13.9 Å². The first-order valence-electron chi connectivity index (χ1n) is 11.3. The van der Waals surface area contributed by atoms with Crippen molar-refractivity contribution < 1.29 is 18.4 Å². The van der Waals surface area contributed by atoms with Crippen molar-refractivity contribution in [2.24, 2.45) is 5.92 Å². The number of aryl methyl sites for hydroxylation is 1. The molecule has 0 bridgehead atoms. The maximum absolute atomic E-state index is 13.1. The normalized spacial score (nSPS) is 16.1. The van der Waals surface area contributed by atoms with Gasteiger partial charge in [0.25, 0.3) is 0 Å². The van der Waals surface area contributed by atoms with Crippen LogP contribution in [-0.2, 0) is 27.6 Å². The maximum atomic E-state index is 13.1. The molecule has 0 aromatic heterocycles. The molecule has 1 aliphatic heterocycles. The van der Waals surface area contributed by atoms with Crippen LogP contribution >= 0.6 is 0 Å². The van der Waals surface area contributed by atoms with Crippen molar-refractivity contribution in [2.45, 2.75) is 43.9 Å². The SMILES string of the molecule is N#Cc1ccc(CN2CCC(S(=O)(=O)CC(CCCc3ccccc3)C(=O)NO)CC2)cc1. The number of hydroxylamine groups is 1. The summed E-state index contributed by atoms with van der Waals surface area (Å²) in [5.74, 6) is -1.64. The zero-order valence-electron chi connectivity index (χ0n) is 18.7. The van der Waals surface area contributed by atoms with Gasteiger partial charge in [-0.15, -0.1) is 0 Å². The fraction of sp³-hybridized carbons (Fsp3) is 0.440. The minimum absolute atomic E-state index is 0.242. The van der Waals surface area contributed by atoms with Crippen LogP contribution in [0, 0.1) is 17.2 Å². The van der Waals surface area contributed by atoms with E-state index in [0.717, 1.165) is 17.5 Å². The molecular weight excluding hydrogens is 438 g/mol. The second-order valence-electron chi connectivity index (χ2n) is 8.66. The average molecular weight is 470 g/mol. The van der Waals surface area contributed by atoms with Crippen LogP contribution in [-0.4, -0.2) is 48.5 Å². The largest absolute Gasteiger partial charge is 0.299 e. The van der Waals surface area contributed by atoms with Gasteiger partial charge in [-0.2, -0.15) is 5.26 Å².